The van der Waals surface area contributed by atoms with Crippen molar-refractivity contribution in [3.05, 3.63) is 71.9 Å². The molecule has 0 saturated heterocycles. The van der Waals surface area contributed by atoms with Crippen molar-refractivity contribution in [3.8, 4) is 0 Å². The van der Waals surface area contributed by atoms with Crippen LogP contribution in [0.25, 0.3) is 10.9 Å². The Bertz CT molecular complexity index is 1410. The van der Waals surface area contributed by atoms with Gasteiger partial charge in [0, 0.05) is 36.4 Å². The molecule has 3 rings (SSSR count). The predicted octanol–water partition coefficient (Wildman–Crippen LogP) is 0.838. The lowest BCUT2D eigenvalue weighted by Crippen LogP contribution is -2.58. The maximum absolute atomic E-state index is 13.7. The second-order valence-corrected chi connectivity index (χ2v) is 11.2. The van der Waals surface area contributed by atoms with Crippen LogP contribution in [0.15, 0.2) is 60.8 Å². The smallest absolute Gasteiger partial charge is 0.326 e. The fourth-order valence-corrected chi connectivity index (χ4v) is 5.02. The number of hydrogen-bond donors (Lipinski definition) is 7. The lowest BCUT2D eigenvalue weighted by molar-refractivity contribution is -0.142. The van der Waals surface area contributed by atoms with Gasteiger partial charge in [-0.15, -0.1) is 0 Å². The Kier molecular flexibility index (Phi) is 12.6. The first-order chi connectivity index (χ1) is 20.6. The number of hydrogen-bond acceptors (Lipinski definition) is 7. The molecule has 13 heteroatoms. The standard InChI is InChI=1S/C30H38N6O6S/c1-43-14-13-21(31)27(38)35-24(16-19-17-33-22-10-6-5-9-20(19)22)29(40)34-23(11-12-26(32)37)28(39)36-25(30(41)42)15-18-7-3-2-4-8-18/h2-10,17,21,23-25,33H,11-16,31H2,1H3,(H2,32,37)(H,34,40)(H,35,38)(H,36,39)(H,41,42). The Hall–Kier alpha value is -4.36. The zero-order valence-corrected chi connectivity index (χ0v) is 24.7. The lowest BCUT2D eigenvalue weighted by Gasteiger charge is -2.25. The van der Waals surface area contributed by atoms with Gasteiger partial charge in [-0.25, -0.2) is 4.79 Å². The van der Waals surface area contributed by atoms with Gasteiger partial charge in [0.15, 0.2) is 0 Å². The van der Waals surface area contributed by atoms with Crippen LogP contribution in [0.4, 0.5) is 0 Å². The van der Waals surface area contributed by atoms with Crippen LogP contribution >= 0.6 is 11.8 Å². The normalized spacial score (nSPS) is 13.8. The van der Waals surface area contributed by atoms with Gasteiger partial charge in [-0.3, -0.25) is 19.2 Å². The topological polar surface area (TPSA) is 209 Å². The summed E-state index contributed by atoms with van der Waals surface area (Å²) >= 11 is 1.54. The molecular formula is C30H38N6O6S. The van der Waals surface area contributed by atoms with E-state index in [0.717, 1.165) is 16.5 Å². The van der Waals surface area contributed by atoms with Crippen molar-refractivity contribution in [2.24, 2.45) is 11.5 Å². The third-order valence-corrected chi connectivity index (χ3v) is 7.56. The number of aromatic nitrogens is 1. The molecule has 43 heavy (non-hydrogen) atoms. The first-order valence-corrected chi connectivity index (χ1v) is 15.2. The van der Waals surface area contributed by atoms with Crippen molar-refractivity contribution in [2.45, 2.75) is 56.3 Å². The quantitative estimate of drug-likeness (QED) is 0.116. The third-order valence-electron chi connectivity index (χ3n) is 6.91. The molecule has 0 aliphatic rings. The number of thioether (sulfide) groups is 1. The number of nitrogens with one attached hydrogen (secondary N) is 4. The lowest BCUT2D eigenvalue weighted by atomic mass is 10.0. The van der Waals surface area contributed by atoms with Gasteiger partial charge in [-0.2, -0.15) is 11.8 Å². The molecule has 4 unspecified atom stereocenters. The highest BCUT2D eigenvalue weighted by atomic mass is 32.2. The number of aromatic amines is 1. The predicted molar refractivity (Wildman–Crippen MR) is 165 cm³/mol. The molecule has 2 aromatic carbocycles. The van der Waals surface area contributed by atoms with E-state index in [0.29, 0.717) is 17.7 Å². The number of para-hydroxylation sites is 1. The molecule has 9 N–H and O–H groups in total. The summed E-state index contributed by atoms with van der Waals surface area (Å²) in [6.45, 7) is 0. The van der Waals surface area contributed by atoms with Gasteiger partial charge >= 0.3 is 5.97 Å². The molecule has 4 amide bonds. The van der Waals surface area contributed by atoms with E-state index in [1.165, 1.54) is 11.8 Å². The van der Waals surface area contributed by atoms with Gasteiger partial charge in [0.05, 0.1) is 6.04 Å². The van der Waals surface area contributed by atoms with E-state index < -0.39 is 53.8 Å². The van der Waals surface area contributed by atoms with Crippen molar-refractivity contribution in [1.29, 1.82) is 0 Å². The van der Waals surface area contributed by atoms with E-state index in [1.807, 2.05) is 30.5 Å². The Labute approximate surface area is 253 Å². The number of fused-ring (bicyclic) bond motifs is 1. The van der Waals surface area contributed by atoms with Crippen LogP contribution in [0, 0.1) is 0 Å². The molecule has 0 spiro atoms. The second-order valence-electron chi connectivity index (χ2n) is 10.2. The van der Waals surface area contributed by atoms with E-state index in [4.69, 9.17) is 11.5 Å². The zero-order chi connectivity index (χ0) is 31.4. The molecule has 0 saturated carbocycles. The van der Waals surface area contributed by atoms with E-state index in [-0.39, 0.29) is 25.7 Å². The van der Waals surface area contributed by atoms with Gasteiger partial charge in [0.1, 0.15) is 18.1 Å². The van der Waals surface area contributed by atoms with Crippen LogP contribution in [0.5, 0.6) is 0 Å². The highest BCUT2D eigenvalue weighted by molar-refractivity contribution is 7.98. The highest BCUT2D eigenvalue weighted by Gasteiger charge is 2.31. The van der Waals surface area contributed by atoms with Crippen LogP contribution in [-0.4, -0.2) is 75.9 Å². The molecule has 0 bridgehead atoms. The molecule has 0 fully saturated rings. The van der Waals surface area contributed by atoms with E-state index in [9.17, 15) is 29.1 Å². The summed E-state index contributed by atoms with van der Waals surface area (Å²) in [6.07, 6.45) is 3.70. The summed E-state index contributed by atoms with van der Waals surface area (Å²) in [4.78, 5) is 66.6. The van der Waals surface area contributed by atoms with E-state index in [1.54, 1.807) is 36.5 Å². The highest BCUT2D eigenvalue weighted by Crippen LogP contribution is 2.19. The van der Waals surface area contributed by atoms with Crippen LogP contribution in [0.2, 0.25) is 0 Å². The molecule has 0 radical (unpaired) electrons. The van der Waals surface area contributed by atoms with Gasteiger partial charge in [-0.1, -0.05) is 48.5 Å². The number of benzene rings is 2. The van der Waals surface area contributed by atoms with E-state index >= 15 is 0 Å². The summed E-state index contributed by atoms with van der Waals surface area (Å²) < 4.78 is 0. The first kappa shape index (κ1) is 33.1. The number of carboxylic acids is 1. The number of primary amides is 1. The van der Waals surface area contributed by atoms with Gasteiger partial charge in [0.25, 0.3) is 0 Å². The summed E-state index contributed by atoms with van der Waals surface area (Å²) in [6, 6.07) is 11.7. The number of carboxylic acid groups (broad SMARTS) is 1. The molecule has 1 aromatic heterocycles. The number of amides is 4. The number of aliphatic carboxylic acids is 1. The van der Waals surface area contributed by atoms with Crippen LogP contribution in [0.1, 0.15) is 30.4 Å². The monoisotopic (exact) mass is 610 g/mol. The minimum absolute atomic E-state index is 0.00554. The maximum atomic E-state index is 13.7. The summed E-state index contributed by atoms with van der Waals surface area (Å²) in [5, 5.41) is 18.4. The average Bonchev–Trinajstić information content (AvgIpc) is 3.40. The Morgan fingerprint density at radius 2 is 1.47 bits per heavy atom. The summed E-state index contributed by atoms with van der Waals surface area (Å²) in [5.74, 6) is -3.34. The third kappa shape index (κ3) is 10.1. The molecule has 3 aromatic rings. The van der Waals surface area contributed by atoms with Crippen molar-refractivity contribution < 1.29 is 29.1 Å². The van der Waals surface area contributed by atoms with Gasteiger partial charge in [-0.05, 0) is 42.0 Å². The van der Waals surface area contributed by atoms with Crippen molar-refractivity contribution in [3.63, 3.8) is 0 Å². The average molecular weight is 611 g/mol. The first-order valence-electron chi connectivity index (χ1n) is 13.8. The SMILES string of the molecule is CSCCC(N)C(=O)NC(Cc1c[nH]c2ccccc12)C(=O)NC(CCC(N)=O)C(=O)NC(Cc1ccccc1)C(=O)O. The molecule has 230 valence electrons. The van der Waals surface area contributed by atoms with Crippen molar-refractivity contribution in [1.82, 2.24) is 20.9 Å². The Morgan fingerprint density at radius 1 is 0.837 bits per heavy atom. The number of carbonyl (C=O) groups is 5. The second kappa shape index (κ2) is 16.3. The number of H-pyrrole nitrogens is 1. The fraction of sp³-hybridized carbons (Fsp3) is 0.367. The van der Waals surface area contributed by atoms with Crippen LogP contribution in [0.3, 0.4) is 0 Å². The summed E-state index contributed by atoms with van der Waals surface area (Å²) in [5.41, 5.74) is 13.7. The Morgan fingerprint density at radius 3 is 2.14 bits per heavy atom. The van der Waals surface area contributed by atoms with Crippen LogP contribution < -0.4 is 27.4 Å². The molecule has 0 aliphatic heterocycles. The van der Waals surface area contributed by atoms with E-state index in [2.05, 4.69) is 20.9 Å². The summed E-state index contributed by atoms with van der Waals surface area (Å²) in [7, 11) is 0. The maximum Gasteiger partial charge on any atom is 0.326 e. The molecule has 0 aliphatic carbocycles. The minimum atomic E-state index is -1.30. The van der Waals surface area contributed by atoms with Crippen molar-refractivity contribution in [2.75, 3.05) is 12.0 Å². The van der Waals surface area contributed by atoms with Gasteiger partial charge < -0.3 is 37.5 Å². The number of carbonyl (C=O) groups excluding carboxylic acids is 4. The zero-order valence-electron chi connectivity index (χ0n) is 23.9. The molecular weight excluding hydrogens is 572 g/mol. The largest absolute Gasteiger partial charge is 0.480 e. The number of rotatable bonds is 17. The van der Waals surface area contributed by atoms with Crippen LogP contribution in [-0.2, 0) is 36.8 Å². The number of nitrogens with two attached hydrogens (primary N) is 2. The minimum Gasteiger partial charge on any atom is -0.480 e. The molecule has 12 nitrogen and oxygen atoms in total. The molecule has 4 atom stereocenters. The Balaban J connectivity index is 1.82. The van der Waals surface area contributed by atoms with Gasteiger partial charge in [0.2, 0.25) is 23.6 Å². The molecule has 1 heterocycles. The fourth-order valence-electron chi connectivity index (χ4n) is 4.53. The van der Waals surface area contributed by atoms with Crippen molar-refractivity contribution >= 4 is 52.3 Å².